The number of thiocarbonyl (C=S) groups is 2. The lowest BCUT2D eigenvalue weighted by atomic mass is 10.4. The zero-order valence-corrected chi connectivity index (χ0v) is 11.9. The Morgan fingerprint density at radius 3 is 2.22 bits per heavy atom. The summed E-state index contributed by atoms with van der Waals surface area (Å²) in [5.74, 6) is 0.169. The van der Waals surface area contributed by atoms with E-state index < -0.39 is 0 Å². The van der Waals surface area contributed by atoms with Crippen LogP contribution in [0.2, 0.25) is 0 Å². The van der Waals surface area contributed by atoms with E-state index in [1.165, 1.54) is 6.39 Å². The number of aryl methyl sites for hydroxylation is 1. The zero-order valence-electron chi connectivity index (χ0n) is 9.41. The Morgan fingerprint density at radius 1 is 1.33 bits per heavy atom. The summed E-state index contributed by atoms with van der Waals surface area (Å²) in [6, 6.07) is 0. The number of oxazole rings is 1. The van der Waals surface area contributed by atoms with Crippen molar-refractivity contribution in [3.8, 4) is 0 Å². The van der Waals surface area contributed by atoms with Crippen LogP contribution in [0.4, 0.5) is 5.88 Å². The first-order chi connectivity index (χ1) is 8.41. The molecule has 2 aromatic rings. The lowest BCUT2D eigenvalue weighted by molar-refractivity contribution is 0.577. The first-order valence-electron chi connectivity index (χ1n) is 4.62. The van der Waals surface area contributed by atoms with Crippen molar-refractivity contribution < 1.29 is 4.42 Å². The molecule has 96 valence electrons. The van der Waals surface area contributed by atoms with Crippen molar-refractivity contribution in [2.75, 3.05) is 5.73 Å². The molecule has 0 aliphatic rings. The number of hydrogen-bond acceptors (Lipinski definition) is 7. The predicted molar refractivity (Wildman–Crippen MR) is 79.5 cm³/mol. The van der Waals surface area contributed by atoms with Crippen LogP contribution >= 0.6 is 35.8 Å². The normalized spacial score (nSPS) is 9.39. The minimum atomic E-state index is 0.154. The Bertz CT molecular complexity index is 562. The lowest BCUT2D eigenvalue weighted by Crippen LogP contribution is -2.11. The maximum atomic E-state index is 5.30. The molecule has 0 aliphatic heterocycles. The Morgan fingerprint density at radius 2 is 2.00 bits per heavy atom. The highest BCUT2D eigenvalue weighted by atomic mass is 32.1. The summed E-state index contributed by atoms with van der Waals surface area (Å²) in [6.07, 6.45) is 1.20. The second-order valence-corrected chi connectivity index (χ2v) is 4.99. The number of rotatable bonds is 2. The van der Waals surface area contributed by atoms with Crippen molar-refractivity contribution in [3.63, 3.8) is 0 Å². The van der Waals surface area contributed by atoms with Crippen LogP contribution in [0.1, 0.15) is 16.4 Å². The molecule has 0 bridgehead atoms. The van der Waals surface area contributed by atoms with Crippen LogP contribution < -0.4 is 17.2 Å². The molecule has 0 unspecified atom stereocenters. The van der Waals surface area contributed by atoms with Gasteiger partial charge in [-0.1, -0.05) is 24.4 Å². The van der Waals surface area contributed by atoms with Gasteiger partial charge in [0.15, 0.2) is 12.1 Å². The van der Waals surface area contributed by atoms with E-state index in [-0.39, 0.29) is 10.9 Å². The fraction of sp³-hybridized carbons (Fsp3) is 0.111. The van der Waals surface area contributed by atoms with E-state index in [9.17, 15) is 0 Å². The minimum Gasteiger partial charge on any atom is -0.428 e. The largest absolute Gasteiger partial charge is 0.428 e. The lowest BCUT2D eigenvalue weighted by Gasteiger charge is -1.87. The van der Waals surface area contributed by atoms with Crippen LogP contribution in [0.15, 0.2) is 16.2 Å². The molecule has 2 heterocycles. The number of aromatic nitrogens is 2. The van der Waals surface area contributed by atoms with Crippen LogP contribution in [-0.2, 0) is 0 Å². The molecular formula is C9H11N5OS3. The van der Waals surface area contributed by atoms with Crippen molar-refractivity contribution in [2.24, 2.45) is 11.5 Å². The van der Waals surface area contributed by atoms with Crippen molar-refractivity contribution in [3.05, 3.63) is 28.2 Å². The van der Waals surface area contributed by atoms with Crippen LogP contribution in [0.3, 0.4) is 0 Å². The Labute approximate surface area is 118 Å². The van der Waals surface area contributed by atoms with E-state index in [1.54, 1.807) is 11.3 Å². The van der Waals surface area contributed by atoms with Gasteiger partial charge in [0.05, 0.1) is 5.01 Å². The fourth-order valence-electron chi connectivity index (χ4n) is 0.917. The molecule has 0 aromatic carbocycles. The third kappa shape index (κ3) is 4.02. The molecular weight excluding hydrogens is 290 g/mol. The van der Waals surface area contributed by atoms with E-state index in [0.29, 0.717) is 10.7 Å². The maximum Gasteiger partial charge on any atom is 0.221 e. The van der Waals surface area contributed by atoms with E-state index >= 15 is 0 Å². The molecule has 6 nitrogen and oxygen atoms in total. The molecule has 0 saturated heterocycles. The summed E-state index contributed by atoms with van der Waals surface area (Å²) in [4.78, 5) is 8.25. The van der Waals surface area contributed by atoms with Gasteiger partial charge in [0.2, 0.25) is 5.88 Å². The first kappa shape index (κ1) is 14.5. The molecule has 0 saturated carbocycles. The van der Waals surface area contributed by atoms with Gasteiger partial charge in [-0.15, -0.1) is 11.3 Å². The standard InChI is InChI=1S/C5H6N2S2.C4H5N3OS/c1-3-7-4(2-9-3)5(6)8;5-3-2(4(6)9)7-1-8-3/h2H,1H3,(H2,6,8);1H,5H2,(H2,6,9). The number of hydrogen-bond donors (Lipinski definition) is 3. The van der Waals surface area contributed by atoms with Gasteiger partial charge in [-0.3, -0.25) is 0 Å². The Kier molecular flexibility index (Phi) is 5.13. The molecule has 2 rings (SSSR count). The second kappa shape index (κ2) is 6.38. The second-order valence-electron chi connectivity index (χ2n) is 3.05. The van der Waals surface area contributed by atoms with Gasteiger partial charge in [-0.25, -0.2) is 9.97 Å². The van der Waals surface area contributed by atoms with Gasteiger partial charge < -0.3 is 21.6 Å². The molecule has 18 heavy (non-hydrogen) atoms. The monoisotopic (exact) mass is 301 g/mol. The molecule has 2 aromatic heterocycles. The molecule has 0 aliphatic carbocycles. The smallest absolute Gasteiger partial charge is 0.221 e. The first-order valence-corrected chi connectivity index (χ1v) is 6.32. The van der Waals surface area contributed by atoms with E-state index in [4.69, 9.17) is 29.4 Å². The summed E-state index contributed by atoms with van der Waals surface area (Å²) in [5, 5.41) is 2.86. The Hall–Kier alpha value is -1.58. The number of thiazole rings is 1. The number of nitrogens with zero attached hydrogens (tertiary/aromatic N) is 2. The van der Waals surface area contributed by atoms with Gasteiger partial charge in [0.25, 0.3) is 0 Å². The average Bonchev–Trinajstić information content (AvgIpc) is 2.87. The molecule has 0 fully saturated rings. The topological polar surface area (TPSA) is 117 Å². The highest BCUT2D eigenvalue weighted by molar-refractivity contribution is 7.80. The van der Waals surface area contributed by atoms with Crippen molar-refractivity contribution >= 4 is 51.6 Å². The highest BCUT2D eigenvalue weighted by Gasteiger charge is 2.04. The minimum absolute atomic E-state index is 0.154. The van der Waals surface area contributed by atoms with E-state index in [1.807, 2.05) is 12.3 Å². The number of nitrogen functional groups attached to an aromatic ring is 1. The fourth-order valence-corrected chi connectivity index (χ4v) is 1.86. The molecule has 9 heteroatoms. The summed E-state index contributed by atoms with van der Waals surface area (Å²) < 4.78 is 4.62. The maximum absolute atomic E-state index is 5.30. The van der Waals surface area contributed by atoms with Crippen LogP contribution in [-0.4, -0.2) is 19.9 Å². The van der Waals surface area contributed by atoms with Crippen molar-refractivity contribution in [2.45, 2.75) is 6.92 Å². The highest BCUT2D eigenvalue weighted by Crippen LogP contribution is 2.07. The predicted octanol–water partition coefficient (Wildman–Crippen LogP) is 0.977. The van der Waals surface area contributed by atoms with Crippen molar-refractivity contribution in [1.82, 2.24) is 9.97 Å². The van der Waals surface area contributed by atoms with Gasteiger partial charge in [0, 0.05) is 5.38 Å². The Balaban J connectivity index is 0.000000180. The number of anilines is 1. The summed E-state index contributed by atoms with van der Waals surface area (Å²) in [6.45, 7) is 1.92. The van der Waals surface area contributed by atoms with Gasteiger partial charge >= 0.3 is 0 Å². The molecule has 0 amide bonds. The molecule has 6 N–H and O–H groups in total. The quantitative estimate of drug-likeness (QED) is 0.703. The number of nitrogens with two attached hydrogens (primary N) is 3. The average molecular weight is 301 g/mol. The summed E-state index contributed by atoms with van der Waals surface area (Å²) in [5.41, 5.74) is 16.8. The molecule has 0 radical (unpaired) electrons. The SMILES string of the molecule is Cc1nc(C(N)=S)cs1.NC(=S)c1ncoc1N. The molecule has 0 atom stereocenters. The van der Waals surface area contributed by atoms with Crippen LogP contribution in [0, 0.1) is 6.92 Å². The third-order valence-electron chi connectivity index (χ3n) is 1.70. The summed E-state index contributed by atoms with van der Waals surface area (Å²) >= 11 is 10.8. The van der Waals surface area contributed by atoms with Crippen molar-refractivity contribution in [1.29, 1.82) is 0 Å². The summed E-state index contributed by atoms with van der Waals surface area (Å²) in [7, 11) is 0. The van der Waals surface area contributed by atoms with Crippen LogP contribution in [0.25, 0.3) is 0 Å². The van der Waals surface area contributed by atoms with Gasteiger partial charge in [-0.05, 0) is 6.92 Å². The van der Waals surface area contributed by atoms with Gasteiger partial charge in [-0.2, -0.15) is 0 Å². The van der Waals surface area contributed by atoms with E-state index in [0.717, 1.165) is 10.7 Å². The van der Waals surface area contributed by atoms with Crippen LogP contribution in [0.5, 0.6) is 0 Å². The van der Waals surface area contributed by atoms with E-state index in [2.05, 4.69) is 26.6 Å². The third-order valence-corrected chi connectivity index (χ3v) is 2.88. The zero-order chi connectivity index (χ0) is 13.7. The molecule has 0 spiro atoms. The van der Waals surface area contributed by atoms with Gasteiger partial charge in [0.1, 0.15) is 15.7 Å².